The van der Waals surface area contributed by atoms with E-state index in [-0.39, 0.29) is 0 Å². The molecule has 78 valence electrons. The molecule has 0 aromatic heterocycles. The number of anilines is 1. The van der Waals surface area contributed by atoms with E-state index in [2.05, 4.69) is 6.92 Å². The van der Waals surface area contributed by atoms with E-state index in [0.717, 1.165) is 12.8 Å². The monoisotopic (exact) mass is 233 g/mol. The maximum absolute atomic E-state index is 5.84. The highest BCUT2D eigenvalue weighted by Crippen LogP contribution is 2.32. The van der Waals surface area contributed by atoms with Crippen molar-refractivity contribution in [3.63, 3.8) is 0 Å². The number of ether oxygens (including phenoxy) is 1. The standard InChI is InChI=1S/C10H13Cl2NO/c1-2-3-4-14-7-5-8(11)10(13)9(12)6-7/h5-6H,2-4,13H2,1H3. The van der Waals surface area contributed by atoms with Gasteiger partial charge in [0.1, 0.15) is 5.75 Å². The van der Waals surface area contributed by atoms with Crippen molar-refractivity contribution in [2.24, 2.45) is 0 Å². The molecule has 0 aliphatic carbocycles. The van der Waals surface area contributed by atoms with Gasteiger partial charge in [-0.05, 0) is 6.42 Å². The van der Waals surface area contributed by atoms with Gasteiger partial charge in [0, 0.05) is 12.1 Å². The number of rotatable bonds is 4. The average Bonchev–Trinajstić information content (AvgIpc) is 2.14. The number of benzene rings is 1. The van der Waals surface area contributed by atoms with E-state index < -0.39 is 0 Å². The molecule has 0 atom stereocenters. The van der Waals surface area contributed by atoms with Gasteiger partial charge in [0.2, 0.25) is 0 Å². The van der Waals surface area contributed by atoms with Gasteiger partial charge in [0.15, 0.2) is 0 Å². The van der Waals surface area contributed by atoms with Crippen molar-refractivity contribution in [2.75, 3.05) is 12.3 Å². The maximum atomic E-state index is 5.84. The lowest BCUT2D eigenvalue weighted by Crippen LogP contribution is -1.97. The lowest BCUT2D eigenvalue weighted by atomic mass is 10.3. The van der Waals surface area contributed by atoms with Crippen LogP contribution in [0.2, 0.25) is 10.0 Å². The Morgan fingerprint density at radius 3 is 2.36 bits per heavy atom. The second-order valence-corrected chi connectivity index (χ2v) is 3.82. The molecule has 0 bridgehead atoms. The summed E-state index contributed by atoms with van der Waals surface area (Å²) >= 11 is 11.7. The molecule has 0 unspecified atom stereocenters. The Kier molecular flexibility index (Phi) is 4.36. The first kappa shape index (κ1) is 11.5. The van der Waals surface area contributed by atoms with E-state index in [9.17, 15) is 0 Å². The summed E-state index contributed by atoms with van der Waals surface area (Å²) < 4.78 is 5.44. The molecule has 0 saturated carbocycles. The zero-order chi connectivity index (χ0) is 10.6. The second-order valence-electron chi connectivity index (χ2n) is 3.00. The fraction of sp³-hybridized carbons (Fsp3) is 0.400. The van der Waals surface area contributed by atoms with E-state index in [0.29, 0.717) is 28.1 Å². The number of nitrogen functional groups attached to an aromatic ring is 1. The Balaban J connectivity index is 2.69. The van der Waals surface area contributed by atoms with Crippen LogP contribution in [0.1, 0.15) is 19.8 Å². The molecule has 0 aliphatic rings. The Morgan fingerprint density at radius 1 is 1.29 bits per heavy atom. The van der Waals surface area contributed by atoms with Gasteiger partial charge < -0.3 is 10.5 Å². The minimum atomic E-state index is 0.399. The third-order valence-electron chi connectivity index (χ3n) is 1.82. The minimum absolute atomic E-state index is 0.399. The van der Waals surface area contributed by atoms with Gasteiger partial charge in [-0.2, -0.15) is 0 Å². The molecule has 1 aromatic carbocycles. The normalized spacial score (nSPS) is 10.2. The molecular weight excluding hydrogens is 221 g/mol. The van der Waals surface area contributed by atoms with Crippen LogP contribution in [0.25, 0.3) is 0 Å². The molecule has 0 fully saturated rings. The number of nitrogens with two attached hydrogens (primary N) is 1. The van der Waals surface area contributed by atoms with E-state index >= 15 is 0 Å². The Morgan fingerprint density at radius 2 is 1.86 bits per heavy atom. The summed E-state index contributed by atoms with van der Waals surface area (Å²) in [6, 6.07) is 3.36. The van der Waals surface area contributed by atoms with Crippen LogP contribution in [0, 0.1) is 0 Å². The van der Waals surface area contributed by atoms with Gasteiger partial charge in [0.25, 0.3) is 0 Å². The van der Waals surface area contributed by atoms with Gasteiger partial charge >= 0.3 is 0 Å². The van der Waals surface area contributed by atoms with Crippen LogP contribution in [0.15, 0.2) is 12.1 Å². The molecule has 2 nitrogen and oxygen atoms in total. The zero-order valence-electron chi connectivity index (χ0n) is 8.02. The average molecular weight is 234 g/mol. The largest absolute Gasteiger partial charge is 0.493 e. The summed E-state index contributed by atoms with van der Waals surface area (Å²) in [5.74, 6) is 0.669. The first-order valence-electron chi connectivity index (χ1n) is 4.52. The smallest absolute Gasteiger partial charge is 0.122 e. The molecule has 14 heavy (non-hydrogen) atoms. The first-order valence-corrected chi connectivity index (χ1v) is 5.28. The highest BCUT2D eigenvalue weighted by molar-refractivity contribution is 6.39. The first-order chi connectivity index (χ1) is 6.65. The molecule has 0 spiro atoms. The highest BCUT2D eigenvalue weighted by atomic mass is 35.5. The van der Waals surface area contributed by atoms with E-state index in [4.69, 9.17) is 33.7 Å². The predicted octanol–water partition coefficient (Wildman–Crippen LogP) is 3.75. The SMILES string of the molecule is CCCCOc1cc(Cl)c(N)c(Cl)c1. The molecule has 1 rings (SSSR count). The molecule has 0 aliphatic heterocycles. The van der Waals surface area contributed by atoms with Crippen molar-refractivity contribution < 1.29 is 4.74 Å². The van der Waals surface area contributed by atoms with Crippen LogP contribution in [0.3, 0.4) is 0 Å². The maximum Gasteiger partial charge on any atom is 0.122 e. The quantitative estimate of drug-likeness (QED) is 0.635. The molecule has 0 radical (unpaired) electrons. The van der Waals surface area contributed by atoms with Crippen LogP contribution in [0.5, 0.6) is 5.75 Å². The zero-order valence-corrected chi connectivity index (χ0v) is 9.53. The fourth-order valence-electron chi connectivity index (χ4n) is 0.979. The summed E-state index contributed by atoms with van der Waals surface area (Å²) in [5.41, 5.74) is 5.99. The van der Waals surface area contributed by atoms with Crippen molar-refractivity contribution in [3.8, 4) is 5.75 Å². The van der Waals surface area contributed by atoms with Crippen molar-refractivity contribution in [1.82, 2.24) is 0 Å². The van der Waals surface area contributed by atoms with Gasteiger partial charge in [-0.15, -0.1) is 0 Å². The summed E-state index contributed by atoms with van der Waals surface area (Å²) in [6.07, 6.45) is 2.11. The van der Waals surface area contributed by atoms with Crippen molar-refractivity contribution in [1.29, 1.82) is 0 Å². The highest BCUT2D eigenvalue weighted by Gasteiger charge is 2.05. The van der Waals surface area contributed by atoms with Gasteiger partial charge in [-0.25, -0.2) is 0 Å². The van der Waals surface area contributed by atoms with E-state index in [1.807, 2.05) is 0 Å². The third-order valence-corrected chi connectivity index (χ3v) is 2.44. The second kappa shape index (κ2) is 5.32. The Labute approximate surface area is 94.0 Å². The number of unbranched alkanes of at least 4 members (excludes halogenated alkanes) is 1. The van der Waals surface area contributed by atoms with E-state index in [1.165, 1.54) is 0 Å². The molecule has 4 heteroatoms. The summed E-state index contributed by atoms with van der Waals surface area (Å²) in [6.45, 7) is 2.78. The fourth-order valence-corrected chi connectivity index (χ4v) is 1.45. The lowest BCUT2D eigenvalue weighted by molar-refractivity contribution is 0.309. The molecule has 0 saturated heterocycles. The van der Waals surface area contributed by atoms with Gasteiger partial charge in [-0.3, -0.25) is 0 Å². The van der Waals surface area contributed by atoms with Crippen LogP contribution in [-0.2, 0) is 0 Å². The summed E-state index contributed by atoms with van der Waals surface area (Å²) in [7, 11) is 0. The lowest BCUT2D eigenvalue weighted by Gasteiger charge is -2.08. The van der Waals surface area contributed by atoms with Crippen molar-refractivity contribution in [2.45, 2.75) is 19.8 Å². The topological polar surface area (TPSA) is 35.2 Å². The van der Waals surface area contributed by atoms with E-state index in [1.54, 1.807) is 12.1 Å². The molecular formula is C10H13Cl2NO. The number of halogens is 2. The molecule has 1 aromatic rings. The molecule has 0 heterocycles. The van der Waals surface area contributed by atoms with Crippen LogP contribution < -0.4 is 10.5 Å². The minimum Gasteiger partial charge on any atom is -0.493 e. The number of hydrogen-bond acceptors (Lipinski definition) is 2. The summed E-state index contributed by atoms with van der Waals surface area (Å²) in [4.78, 5) is 0. The Bertz CT molecular complexity index is 292. The third kappa shape index (κ3) is 2.96. The Hall–Kier alpha value is -0.600. The van der Waals surface area contributed by atoms with Crippen LogP contribution in [-0.4, -0.2) is 6.61 Å². The molecule has 0 amide bonds. The van der Waals surface area contributed by atoms with Crippen LogP contribution in [0.4, 0.5) is 5.69 Å². The number of hydrogen-bond donors (Lipinski definition) is 1. The van der Waals surface area contributed by atoms with Gasteiger partial charge in [-0.1, -0.05) is 36.5 Å². The van der Waals surface area contributed by atoms with Gasteiger partial charge in [0.05, 0.1) is 22.3 Å². The predicted molar refractivity (Wildman–Crippen MR) is 61.3 cm³/mol. The van der Waals surface area contributed by atoms with Crippen LogP contribution >= 0.6 is 23.2 Å². The van der Waals surface area contributed by atoms with Crippen molar-refractivity contribution >= 4 is 28.9 Å². The summed E-state index contributed by atoms with van der Waals surface area (Å²) in [5, 5.41) is 0.869. The molecule has 2 N–H and O–H groups in total. The van der Waals surface area contributed by atoms with Crippen molar-refractivity contribution in [3.05, 3.63) is 22.2 Å².